The minimum Gasteiger partial charge on any atom is -0.478 e. The van der Waals surface area contributed by atoms with Crippen LogP contribution >= 0.6 is 0 Å². The lowest BCUT2D eigenvalue weighted by molar-refractivity contribution is 0.0697. The Balaban J connectivity index is 1.88. The van der Waals surface area contributed by atoms with Crippen LogP contribution in [-0.4, -0.2) is 21.0 Å². The van der Waals surface area contributed by atoms with E-state index in [1.165, 1.54) is 0 Å². The first-order valence-electron chi connectivity index (χ1n) is 7.05. The molecule has 0 saturated heterocycles. The Bertz CT molecular complexity index is 698. The topological polar surface area (TPSA) is 75.1 Å². The lowest BCUT2D eigenvalue weighted by atomic mass is 10.1. The van der Waals surface area contributed by atoms with E-state index >= 15 is 0 Å². The number of aromatic carboxylic acids is 1. The van der Waals surface area contributed by atoms with Crippen LogP contribution in [0.5, 0.6) is 0 Å². The van der Waals surface area contributed by atoms with E-state index in [0.717, 1.165) is 41.8 Å². The molecule has 2 heterocycles. The molecule has 0 saturated carbocycles. The number of carboxylic acids is 1. The maximum Gasteiger partial charge on any atom is 0.339 e. The predicted octanol–water partition coefficient (Wildman–Crippen LogP) is 2.58. The van der Waals surface area contributed by atoms with Gasteiger partial charge in [0, 0.05) is 11.9 Å². The van der Waals surface area contributed by atoms with Crippen LogP contribution in [0.1, 0.15) is 39.3 Å². The molecule has 0 fully saturated rings. The molecule has 2 aromatic rings. The Kier molecular flexibility index (Phi) is 3.56. The zero-order chi connectivity index (χ0) is 14.8. The molecule has 21 heavy (non-hydrogen) atoms. The summed E-state index contributed by atoms with van der Waals surface area (Å²) in [5.41, 5.74) is 4.29. The highest BCUT2D eigenvalue weighted by Crippen LogP contribution is 2.25. The lowest BCUT2D eigenvalue weighted by Gasteiger charge is -2.11. The average molecular weight is 283 g/mol. The number of aryl methyl sites for hydroxylation is 3. The fourth-order valence-corrected chi connectivity index (χ4v) is 2.64. The summed E-state index contributed by atoms with van der Waals surface area (Å²) in [6, 6.07) is 5.62. The van der Waals surface area contributed by atoms with E-state index in [9.17, 15) is 9.90 Å². The van der Waals surface area contributed by atoms with E-state index in [1.807, 2.05) is 19.1 Å². The number of fused-ring (bicyclic) bond motifs is 1. The largest absolute Gasteiger partial charge is 0.478 e. The third kappa shape index (κ3) is 2.72. The van der Waals surface area contributed by atoms with Gasteiger partial charge in [0.1, 0.15) is 11.4 Å². The molecule has 0 amide bonds. The van der Waals surface area contributed by atoms with Gasteiger partial charge in [0.2, 0.25) is 0 Å². The van der Waals surface area contributed by atoms with Crippen molar-refractivity contribution in [1.29, 1.82) is 0 Å². The number of rotatable bonds is 4. The lowest BCUT2D eigenvalue weighted by Crippen LogP contribution is -2.11. The van der Waals surface area contributed by atoms with Crippen molar-refractivity contribution in [2.45, 2.75) is 32.7 Å². The van der Waals surface area contributed by atoms with Crippen LogP contribution in [0, 0.1) is 6.92 Å². The van der Waals surface area contributed by atoms with Crippen molar-refractivity contribution in [1.82, 2.24) is 9.97 Å². The number of nitrogens with zero attached hydrogens (tertiary/aromatic N) is 2. The molecule has 0 unspecified atom stereocenters. The van der Waals surface area contributed by atoms with Gasteiger partial charge >= 0.3 is 5.97 Å². The van der Waals surface area contributed by atoms with Gasteiger partial charge in [-0.25, -0.2) is 9.78 Å². The van der Waals surface area contributed by atoms with Gasteiger partial charge in [-0.3, -0.25) is 4.98 Å². The molecule has 0 aliphatic heterocycles. The van der Waals surface area contributed by atoms with Crippen molar-refractivity contribution in [2.24, 2.45) is 0 Å². The molecule has 5 nitrogen and oxygen atoms in total. The fraction of sp³-hybridized carbons (Fsp3) is 0.312. The standard InChI is InChI=1S/C16H17N3O2/c1-10-4-3-7-17-14(10)9-18-15-12(16(20)21)8-11-5-2-6-13(11)19-15/h3-4,7-8H,2,5-6,9H2,1H3,(H,18,19)(H,20,21). The zero-order valence-corrected chi connectivity index (χ0v) is 11.9. The monoisotopic (exact) mass is 283 g/mol. The van der Waals surface area contributed by atoms with Gasteiger partial charge in [-0.1, -0.05) is 6.07 Å². The molecule has 2 N–H and O–H groups in total. The highest BCUT2D eigenvalue weighted by atomic mass is 16.4. The van der Waals surface area contributed by atoms with E-state index in [4.69, 9.17) is 0 Å². The quantitative estimate of drug-likeness (QED) is 0.902. The second kappa shape index (κ2) is 5.52. The first-order valence-corrected chi connectivity index (χ1v) is 7.05. The predicted molar refractivity (Wildman–Crippen MR) is 79.5 cm³/mol. The second-order valence-corrected chi connectivity index (χ2v) is 5.27. The van der Waals surface area contributed by atoms with Crippen LogP contribution in [-0.2, 0) is 19.4 Å². The number of carbonyl (C=O) groups is 1. The molecule has 1 aliphatic rings. The van der Waals surface area contributed by atoms with Crippen molar-refractivity contribution in [3.8, 4) is 0 Å². The van der Waals surface area contributed by atoms with Crippen LogP contribution < -0.4 is 5.32 Å². The third-order valence-electron chi connectivity index (χ3n) is 3.82. The number of aromatic nitrogens is 2. The van der Waals surface area contributed by atoms with Gasteiger partial charge in [0.05, 0.1) is 12.2 Å². The second-order valence-electron chi connectivity index (χ2n) is 5.27. The van der Waals surface area contributed by atoms with Crippen LogP contribution in [0.15, 0.2) is 24.4 Å². The molecule has 1 aliphatic carbocycles. The summed E-state index contributed by atoms with van der Waals surface area (Å²) >= 11 is 0. The Labute approximate surface area is 123 Å². The minimum absolute atomic E-state index is 0.240. The highest BCUT2D eigenvalue weighted by Gasteiger charge is 2.19. The summed E-state index contributed by atoms with van der Waals surface area (Å²) in [6.45, 7) is 2.46. The summed E-state index contributed by atoms with van der Waals surface area (Å²) in [5.74, 6) is -0.509. The molecule has 0 aromatic carbocycles. The molecule has 2 aromatic heterocycles. The van der Waals surface area contributed by atoms with Gasteiger partial charge in [-0.15, -0.1) is 0 Å². The molecule has 5 heteroatoms. The Hall–Kier alpha value is -2.43. The van der Waals surface area contributed by atoms with E-state index in [1.54, 1.807) is 12.3 Å². The summed E-state index contributed by atoms with van der Waals surface area (Å²) in [7, 11) is 0. The molecule has 0 radical (unpaired) electrons. The van der Waals surface area contributed by atoms with Gasteiger partial charge in [0.15, 0.2) is 0 Å². The Morgan fingerprint density at radius 2 is 2.29 bits per heavy atom. The molecular formula is C16H17N3O2. The first-order chi connectivity index (χ1) is 10.1. The summed E-state index contributed by atoms with van der Waals surface area (Å²) in [5, 5.41) is 12.5. The smallest absolute Gasteiger partial charge is 0.339 e. The van der Waals surface area contributed by atoms with E-state index in [-0.39, 0.29) is 5.56 Å². The molecule has 0 atom stereocenters. The number of hydrogen-bond acceptors (Lipinski definition) is 4. The van der Waals surface area contributed by atoms with Crippen molar-refractivity contribution in [2.75, 3.05) is 5.32 Å². The van der Waals surface area contributed by atoms with Gasteiger partial charge in [-0.05, 0) is 49.4 Å². The molecule has 108 valence electrons. The fourth-order valence-electron chi connectivity index (χ4n) is 2.64. The number of anilines is 1. The van der Waals surface area contributed by atoms with Crippen LogP contribution in [0.25, 0.3) is 0 Å². The highest BCUT2D eigenvalue weighted by molar-refractivity contribution is 5.93. The maximum atomic E-state index is 11.4. The van der Waals surface area contributed by atoms with Crippen molar-refractivity contribution < 1.29 is 9.90 Å². The molecule has 3 rings (SSSR count). The van der Waals surface area contributed by atoms with Crippen LogP contribution in [0.3, 0.4) is 0 Å². The van der Waals surface area contributed by atoms with E-state index in [0.29, 0.717) is 12.4 Å². The van der Waals surface area contributed by atoms with Crippen molar-refractivity contribution in [3.63, 3.8) is 0 Å². The van der Waals surface area contributed by atoms with Gasteiger partial charge < -0.3 is 10.4 Å². The molecule has 0 bridgehead atoms. The number of nitrogens with one attached hydrogen (secondary N) is 1. The third-order valence-corrected chi connectivity index (χ3v) is 3.82. The Morgan fingerprint density at radius 1 is 1.43 bits per heavy atom. The number of hydrogen-bond donors (Lipinski definition) is 2. The van der Waals surface area contributed by atoms with Gasteiger partial charge in [0.25, 0.3) is 0 Å². The van der Waals surface area contributed by atoms with E-state index < -0.39 is 5.97 Å². The zero-order valence-electron chi connectivity index (χ0n) is 11.9. The van der Waals surface area contributed by atoms with Crippen molar-refractivity contribution >= 4 is 11.8 Å². The van der Waals surface area contributed by atoms with Gasteiger partial charge in [-0.2, -0.15) is 0 Å². The first kappa shape index (κ1) is 13.5. The molecular weight excluding hydrogens is 266 g/mol. The SMILES string of the molecule is Cc1cccnc1CNc1nc2c(cc1C(=O)O)CCC2. The minimum atomic E-state index is -0.947. The number of pyridine rings is 2. The average Bonchev–Trinajstić information content (AvgIpc) is 2.92. The molecule has 0 spiro atoms. The maximum absolute atomic E-state index is 11.4. The van der Waals surface area contributed by atoms with Crippen LogP contribution in [0.4, 0.5) is 5.82 Å². The number of carboxylic acid groups (broad SMARTS) is 1. The normalized spacial score (nSPS) is 13.0. The van der Waals surface area contributed by atoms with Crippen LogP contribution in [0.2, 0.25) is 0 Å². The summed E-state index contributed by atoms with van der Waals surface area (Å²) in [6.07, 6.45) is 4.62. The summed E-state index contributed by atoms with van der Waals surface area (Å²) < 4.78 is 0. The van der Waals surface area contributed by atoms with Crippen molar-refractivity contribution in [3.05, 3.63) is 52.5 Å². The Morgan fingerprint density at radius 3 is 3.05 bits per heavy atom. The summed E-state index contributed by atoms with van der Waals surface area (Å²) in [4.78, 5) is 20.2. The van der Waals surface area contributed by atoms with E-state index in [2.05, 4.69) is 15.3 Å².